The molecule has 0 radical (unpaired) electrons. The molecule has 3 heteroatoms. The van der Waals surface area contributed by atoms with E-state index in [0.29, 0.717) is 0 Å². The lowest BCUT2D eigenvalue weighted by Crippen LogP contribution is -2.31. The Hall–Kier alpha value is -2.26. The Morgan fingerprint density at radius 3 is 2.67 bits per heavy atom. The third-order valence-electron chi connectivity index (χ3n) is 5.57. The highest BCUT2D eigenvalue weighted by Crippen LogP contribution is 2.15. The van der Waals surface area contributed by atoms with E-state index in [1.54, 1.807) is 7.11 Å². The van der Waals surface area contributed by atoms with Crippen molar-refractivity contribution in [2.45, 2.75) is 46.2 Å². The largest absolute Gasteiger partial charge is 0.497 e. The molecule has 0 saturated heterocycles. The van der Waals surface area contributed by atoms with Gasteiger partial charge in [0.05, 0.1) is 7.11 Å². The summed E-state index contributed by atoms with van der Waals surface area (Å²) in [6.07, 6.45) is 7.47. The molecule has 1 aliphatic heterocycles. The second kappa shape index (κ2) is 8.62. The van der Waals surface area contributed by atoms with E-state index in [1.807, 2.05) is 13.0 Å². The molecular weight excluding hydrogens is 332 g/mol. The van der Waals surface area contributed by atoms with Gasteiger partial charge >= 0.3 is 0 Å². The minimum absolute atomic E-state index is 0.896. The molecule has 0 amide bonds. The third kappa shape index (κ3) is 4.36. The number of aryl methyl sites for hydroxylation is 2. The van der Waals surface area contributed by atoms with E-state index in [9.17, 15) is 0 Å². The normalized spacial score (nSPS) is 15.9. The lowest BCUT2D eigenvalue weighted by molar-refractivity contribution is 0.306. The molecule has 2 heterocycles. The molecule has 1 aliphatic rings. The predicted molar refractivity (Wildman–Crippen MR) is 114 cm³/mol. The average Bonchev–Trinajstić information content (AvgIpc) is 2.92. The Bertz CT molecular complexity index is 919. The maximum Gasteiger partial charge on any atom is 0.115 e. The SMILES string of the molecule is C=c1/c(=C\C(=C/C)OC)c2c(n1CCCc1ccc(C)cc1)CCN(C)C2. The van der Waals surface area contributed by atoms with E-state index in [0.717, 1.165) is 50.0 Å². The van der Waals surface area contributed by atoms with E-state index in [2.05, 4.69) is 60.4 Å². The van der Waals surface area contributed by atoms with Crippen molar-refractivity contribution in [1.29, 1.82) is 0 Å². The molecule has 3 nitrogen and oxygen atoms in total. The molecule has 0 spiro atoms. The predicted octanol–water partition coefficient (Wildman–Crippen LogP) is 3.16. The molecule has 0 N–H and O–H groups in total. The van der Waals surface area contributed by atoms with Crippen LogP contribution in [0.4, 0.5) is 0 Å². The number of rotatable bonds is 6. The van der Waals surface area contributed by atoms with Crippen LogP contribution in [0.1, 0.15) is 35.7 Å². The van der Waals surface area contributed by atoms with E-state index in [4.69, 9.17) is 4.74 Å². The summed E-state index contributed by atoms with van der Waals surface area (Å²) in [6, 6.07) is 8.89. The summed E-state index contributed by atoms with van der Waals surface area (Å²) in [5.41, 5.74) is 5.61. The Labute approximate surface area is 163 Å². The van der Waals surface area contributed by atoms with Crippen LogP contribution in [0.2, 0.25) is 0 Å². The van der Waals surface area contributed by atoms with Gasteiger partial charge in [0, 0.05) is 42.3 Å². The van der Waals surface area contributed by atoms with E-state index < -0.39 is 0 Å². The summed E-state index contributed by atoms with van der Waals surface area (Å²) in [5.74, 6) is 0.896. The van der Waals surface area contributed by atoms with Gasteiger partial charge in [0.2, 0.25) is 0 Å². The van der Waals surface area contributed by atoms with Crippen LogP contribution in [-0.2, 0) is 30.7 Å². The third-order valence-corrected chi connectivity index (χ3v) is 5.57. The van der Waals surface area contributed by atoms with Crippen molar-refractivity contribution in [3.8, 4) is 0 Å². The van der Waals surface area contributed by atoms with Crippen molar-refractivity contribution in [3.05, 3.63) is 69.1 Å². The van der Waals surface area contributed by atoms with Crippen LogP contribution in [0.25, 0.3) is 12.7 Å². The first kappa shape index (κ1) is 19.5. The number of benzene rings is 1. The summed E-state index contributed by atoms with van der Waals surface area (Å²) >= 11 is 0. The first-order valence-electron chi connectivity index (χ1n) is 9.88. The fourth-order valence-electron chi connectivity index (χ4n) is 3.95. The van der Waals surface area contributed by atoms with Crippen molar-refractivity contribution in [3.63, 3.8) is 0 Å². The van der Waals surface area contributed by atoms with Crippen molar-refractivity contribution < 1.29 is 4.74 Å². The topological polar surface area (TPSA) is 17.4 Å². The Kier molecular flexibility index (Phi) is 6.22. The molecule has 0 atom stereocenters. The molecule has 3 rings (SSSR count). The number of nitrogens with zero attached hydrogens (tertiary/aromatic N) is 2. The summed E-state index contributed by atoms with van der Waals surface area (Å²) in [6.45, 7) is 11.7. The smallest absolute Gasteiger partial charge is 0.115 e. The number of likely N-dealkylation sites (N-methyl/N-ethyl adjacent to an activating group) is 1. The maximum absolute atomic E-state index is 5.49. The highest BCUT2D eigenvalue weighted by molar-refractivity contribution is 5.47. The van der Waals surface area contributed by atoms with E-state index >= 15 is 0 Å². The van der Waals surface area contributed by atoms with Crippen LogP contribution in [0.5, 0.6) is 0 Å². The highest BCUT2D eigenvalue weighted by Gasteiger charge is 2.20. The monoisotopic (exact) mass is 364 g/mol. The lowest BCUT2D eigenvalue weighted by Gasteiger charge is -2.24. The van der Waals surface area contributed by atoms with E-state index in [-0.39, 0.29) is 0 Å². The molecule has 144 valence electrons. The van der Waals surface area contributed by atoms with Gasteiger partial charge in [0.15, 0.2) is 0 Å². The molecule has 1 aromatic heterocycles. The maximum atomic E-state index is 5.49. The van der Waals surface area contributed by atoms with Gasteiger partial charge in [-0.2, -0.15) is 0 Å². The van der Waals surface area contributed by atoms with Crippen molar-refractivity contribution in [2.24, 2.45) is 0 Å². The van der Waals surface area contributed by atoms with Gasteiger partial charge in [0.25, 0.3) is 0 Å². The molecule has 27 heavy (non-hydrogen) atoms. The summed E-state index contributed by atoms with van der Waals surface area (Å²) < 4.78 is 7.94. The van der Waals surface area contributed by atoms with Gasteiger partial charge in [-0.25, -0.2) is 0 Å². The number of hydrogen-bond acceptors (Lipinski definition) is 2. The number of allylic oxidation sites excluding steroid dienone is 2. The van der Waals surface area contributed by atoms with Gasteiger partial charge < -0.3 is 14.2 Å². The minimum Gasteiger partial charge on any atom is -0.497 e. The van der Waals surface area contributed by atoms with Crippen LogP contribution < -0.4 is 10.6 Å². The summed E-state index contributed by atoms with van der Waals surface area (Å²) in [4.78, 5) is 2.39. The van der Waals surface area contributed by atoms with Gasteiger partial charge in [-0.3, -0.25) is 0 Å². The summed E-state index contributed by atoms with van der Waals surface area (Å²) in [7, 11) is 3.92. The zero-order chi connectivity index (χ0) is 19.4. The molecule has 1 aromatic carbocycles. The summed E-state index contributed by atoms with van der Waals surface area (Å²) in [5, 5.41) is 2.36. The number of fused-ring (bicyclic) bond motifs is 1. The Morgan fingerprint density at radius 1 is 1.26 bits per heavy atom. The number of hydrogen-bond donors (Lipinski definition) is 0. The molecule has 0 unspecified atom stereocenters. The van der Waals surface area contributed by atoms with Crippen LogP contribution in [0.3, 0.4) is 0 Å². The molecular formula is C24H32N2O. The van der Waals surface area contributed by atoms with Crippen LogP contribution in [0.15, 0.2) is 36.1 Å². The standard InChI is InChI=1S/C24H32N2O/c1-6-21(27-5)16-22-19(3)26(24-13-15-25(4)17-23(22)24)14-7-8-20-11-9-18(2)10-12-20/h6,9-12,16H,3,7-8,13-15,17H2,1-2,4-5H3/b21-6+,22-16+. The van der Waals surface area contributed by atoms with Crippen LogP contribution in [0, 0.1) is 6.92 Å². The van der Waals surface area contributed by atoms with Crippen LogP contribution >= 0.6 is 0 Å². The lowest BCUT2D eigenvalue weighted by atomic mass is 10.1. The molecule has 0 saturated carbocycles. The van der Waals surface area contributed by atoms with Gasteiger partial charge in [-0.05, 0) is 57.0 Å². The van der Waals surface area contributed by atoms with Gasteiger partial charge in [-0.15, -0.1) is 0 Å². The van der Waals surface area contributed by atoms with Crippen molar-refractivity contribution in [2.75, 3.05) is 20.7 Å². The minimum atomic E-state index is 0.896. The quantitative estimate of drug-likeness (QED) is 0.733. The molecule has 0 bridgehead atoms. The van der Waals surface area contributed by atoms with Crippen molar-refractivity contribution in [1.82, 2.24) is 9.47 Å². The second-order valence-corrected chi connectivity index (χ2v) is 7.55. The molecule has 2 aromatic rings. The Morgan fingerprint density at radius 2 is 2.00 bits per heavy atom. The van der Waals surface area contributed by atoms with Crippen LogP contribution in [-0.4, -0.2) is 30.2 Å². The van der Waals surface area contributed by atoms with Crippen molar-refractivity contribution >= 4 is 12.7 Å². The Balaban J connectivity index is 1.89. The zero-order valence-electron chi connectivity index (χ0n) is 17.2. The number of aromatic nitrogens is 1. The van der Waals surface area contributed by atoms with Gasteiger partial charge in [0.1, 0.15) is 5.76 Å². The fraction of sp³-hybridized carbons (Fsp3) is 0.417. The zero-order valence-corrected chi connectivity index (χ0v) is 17.2. The molecule has 0 fully saturated rings. The molecule has 0 aliphatic carbocycles. The van der Waals surface area contributed by atoms with E-state index in [1.165, 1.54) is 27.6 Å². The second-order valence-electron chi connectivity index (χ2n) is 7.55. The first-order chi connectivity index (χ1) is 13.0. The number of methoxy groups -OCH3 is 1. The average molecular weight is 365 g/mol. The first-order valence-corrected chi connectivity index (χ1v) is 9.88. The fourth-order valence-corrected chi connectivity index (χ4v) is 3.95. The van der Waals surface area contributed by atoms with Gasteiger partial charge in [-0.1, -0.05) is 36.4 Å². The number of ether oxygens (including phenoxy) is 1. The highest BCUT2D eigenvalue weighted by atomic mass is 16.5.